The van der Waals surface area contributed by atoms with Gasteiger partial charge in [-0.15, -0.1) is 0 Å². The largest absolute Gasteiger partial charge is 0.324 e. The van der Waals surface area contributed by atoms with Crippen molar-refractivity contribution >= 4 is 27.5 Å². The Morgan fingerprint density at radius 3 is 2.83 bits per heavy atom. The van der Waals surface area contributed by atoms with E-state index in [-0.39, 0.29) is 11.6 Å². The zero-order valence-corrected chi connectivity index (χ0v) is 12.2. The molecule has 0 unspecified atom stereocenters. The number of halogens is 2. The minimum Gasteiger partial charge on any atom is -0.324 e. The normalized spacial score (nSPS) is 10.7. The fourth-order valence-electron chi connectivity index (χ4n) is 1.45. The molecule has 0 aliphatic rings. The van der Waals surface area contributed by atoms with Crippen LogP contribution in [0.25, 0.3) is 0 Å². The summed E-state index contributed by atoms with van der Waals surface area (Å²) in [5.74, 6) is -0.593. The molecule has 1 rings (SSSR count). The van der Waals surface area contributed by atoms with Gasteiger partial charge in [-0.1, -0.05) is 29.8 Å². The summed E-state index contributed by atoms with van der Waals surface area (Å²) < 4.78 is 14.1. The van der Waals surface area contributed by atoms with Gasteiger partial charge in [0.1, 0.15) is 5.82 Å². The van der Waals surface area contributed by atoms with E-state index >= 15 is 0 Å². The lowest BCUT2D eigenvalue weighted by Gasteiger charge is -2.09. The second-order valence-electron chi connectivity index (χ2n) is 4.38. The number of hydrogen-bond donors (Lipinski definition) is 2. The first-order valence-corrected chi connectivity index (χ1v) is 6.76. The highest BCUT2D eigenvalue weighted by atomic mass is 79.9. The van der Waals surface area contributed by atoms with Gasteiger partial charge in [0.25, 0.3) is 0 Å². The zero-order chi connectivity index (χ0) is 13.5. The van der Waals surface area contributed by atoms with Gasteiger partial charge in [0.2, 0.25) is 5.91 Å². The van der Waals surface area contributed by atoms with E-state index in [1.807, 2.05) is 0 Å². The molecule has 0 aliphatic carbocycles. The van der Waals surface area contributed by atoms with Crippen molar-refractivity contribution in [3.63, 3.8) is 0 Å². The van der Waals surface area contributed by atoms with Gasteiger partial charge in [0.05, 0.1) is 5.69 Å². The van der Waals surface area contributed by atoms with Gasteiger partial charge in [-0.25, -0.2) is 4.39 Å². The minimum absolute atomic E-state index is 0.169. The number of benzene rings is 1. The van der Waals surface area contributed by atoms with Crippen LogP contribution in [0.2, 0.25) is 0 Å². The van der Waals surface area contributed by atoms with Crippen molar-refractivity contribution in [2.45, 2.75) is 32.7 Å². The number of rotatable bonds is 6. The molecule has 0 saturated heterocycles. The lowest BCUT2D eigenvalue weighted by atomic mass is 10.2. The quantitative estimate of drug-likeness (QED) is 0.791. The molecule has 5 heteroatoms. The van der Waals surface area contributed by atoms with E-state index in [2.05, 4.69) is 40.4 Å². The van der Waals surface area contributed by atoms with Crippen molar-refractivity contribution in [2.75, 3.05) is 11.9 Å². The first kappa shape index (κ1) is 15.1. The van der Waals surface area contributed by atoms with Gasteiger partial charge in [-0.05, 0) is 31.2 Å². The zero-order valence-electron chi connectivity index (χ0n) is 10.6. The van der Waals surface area contributed by atoms with Gasteiger partial charge in [-0.3, -0.25) is 4.79 Å². The van der Waals surface area contributed by atoms with Crippen LogP contribution in [0.4, 0.5) is 10.1 Å². The number of hydrogen-bond acceptors (Lipinski definition) is 2. The number of amides is 1. The Labute approximate surface area is 115 Å². The topological polar surface area (TPSA) is 41.1 Å². The summed E-state index contributed by atoms with van der Waals surface area (Å²) in [5, 5.41) is 5.79. The molecular formula is C13H18BrFN2O. The van der Waals surface area contributed by atoms with E-state index in [9.17, 15) is 9.18 Å². The Kier molecular flexibility index (Phi) is 6.29. The predicted molar refractivity (Wildman–Crippen MR) is 75.1 cm³/mol. The fourth-order valence-corrected chi connectivity index (χ4v) is 1.81. The van der Waals surface area contributed by atoms with Crippen LogP contribution in [0.5, 0.6) is 0 Å². The smallest absolute Gasteiger partial charge is 0.224 e. The molecule has 1 aromatic carbocycles. The molecule has 0 saturated carbocycles. The van der Waals surface area contributed by atoms with E-state index in [0.29, 0.717) is 12.5 Å². The summed E-state index contributed by atoms with van der Waals surface area (Å²) in [6.45, 7) is 4.89. The SMILES string of the molecule is CC(C)NCCCC(=O)Nc1cc(Br)ccc1F. The van der Waals surface area contributed by atoms with Crippen LogP contribution in [-0.4, -0.2) is 18.5 Å². The molecule has 0 heterocycles. The van der Waals surface area contributed by atoms with Crippen molar-refractivity contribution in [3.8, 4) is 0 Å². The molecule has 0 aromatic heterocycles. The maximum absolute atomic E-state index is 13.4. The van der Waals surface area contributed by atoms with Crippen molar-refractivity contribution < 1.29 is 9.18 Å². The third-order valence-electron chi connectivity index (χ3n) is 2.34. The van der Waals surface area contributed by atoms with E-state index in [1.165, 1.54) is 6.07 Å². The van der Waals surface area contributed by atoms with Crippen LogP contribution in [-0.2, 0) is 4.79 Å². The molecule has 1 aromatic rings. The van der Waals surface area contributed by atoms with E-state index < -0.39 is 5.82 Å². The number of carbonyl (C=O) groups excluding carboxylic acids is 1. The van der Waals surface area contributed by atoms with E-state index in [0.717, 1.165) is 17.4 Å². The molecule has 0 fully saturated rings. The van der Waals surface area contributed by atoms with Gasteiger partial charge < -0.3 is 10.6 Å². The van der Waals surface area contributed by atoms with Gasteiger partial charge in [-0.2, -0.15) is 0 Å². The fraction of sp³-hybridized carbons (Fsp3) is 0.462. The molecule has 0 radical (unpaired) electrons. The Bertz CT molecular complexity index is 410. The molecule has 18 heavy (non-hydrogen) atoms. The maximum atomic E-state index is 13.4. The number of nitrogens with one attached hydrogen (secondary N) is 2. The van der Waals surface area contributed by atoms with Crippen molar-refractivity contribution in [1.29, 1.82) is 0 Å². The lowest BCUT2D eigenvalue weighted by molar-refractivity contribution is -0.116. The summed E-state index contributed by atoms with van der Waals surface area (Å²) in [6, 6.07) is 4.88. The highest BCUT2D eigenvalue weighted by Gasteiger charge is 2.07. The maximum Gasteiger partial charge on any atom is 0.224 e. The Hall–Kier alpha value is -0.940. The summed E-state index contributed by atoms with van der Waals surface area (Å²) >= 11 is 3.24. The molecule has 1 amide bonds. The van der Waals surface area contributed by atoms with Gasteiger partial charge >= 0.3 is 0 Å². The summed E-state index contributed by atoms with van der Waals surface area (Å²) in [5.41, 5.74) is 0.214. The molecule has 0 bridgehead atoms. The van der Waals surface area contributed by atoms with E-state index in [1.54, 1.807) is 12.1 Å². The highest BCUT2D eigenvalue weighted by molar-refractivity contribution is 9.10. The van der Waals surface area contributed by atoms with Gasteiger partial charge in [0.15, 0.2) is 0 Å². The highest BCUT2D eigenvalue weighted by Crippen LogP contribution is 2.20. The van der Waals surface area contributed by atoms with Crippen molar-refractivity contribution in [1.82, 2.24) is 5.32 Å². The molecule has 0 aliphatic heterocycles. The van der Waals surface area contributed by atoms with Crippen LogP contribution in [0.3, 0.4) is 0 Å². The third kappa shape index (κ3) is 5.60. The Balaban J connectivity index is 2.38. The van der Waals surface area contributed by atoms with Crippen LogP contribution in [0, 0.1) is 5.82 Å². The van der Waals surface area contributed by atoms with Gasteiger partial charge in [0, 0.05) is 16.9 Å². The molecule has 0 atom stereocenters. The number of carbonyl (C=O) groups is 1. The molecule has 100 valence electrons. The van der Waals surface area contributed by atoms with E-state index in [4.69, 9.17) is 0 Å². The summed E-state index contributed by atoms with van der Waals surface area (Å²) in [4.78, 5) is 11.6. The summed E-state index contributed by atoms with van der Waals surface area (Å²) in [7, 11) is 0. The lowest BCUT2D eigenvalue weighted by Crippen LogP contribution is -2.24. The van der Waals surface area contributed by atoms with Crippen LogP contribution >= 0.6 is 15.9 Å². The molecule has 0 spiro atoms. The van der Waals surface area contributed by atoms with Crippen LogP contribution < -0.4 is 10.6 Å². The minimum atomic E-state index is -0.424. The standard InChI is InChI=1S/C13H18BrFN2O/c1-9(2)16-7-3-4-13(18)17-12-8-10(14)5-6-11(12)15/h5-6,8-9,16H,3-4,7H2,1-2H3,(H,17,18). The molecule has 2 N–H and O–H groups in total. The second-order valence-corrected chi connectivity index (χ2v) is 5.30. The predicted octanol–water partition coefficient (Wildman–Crippen LogP) is 3.30. The second kappa shape index (κ2) is 7.48. The summed E-state index contributed by atoms with van der Waals surface area (Å²) in [6.07, 6.45) is 1.12. The average molecular weight is 317 g/mol. The number of anilines is 1. The molecular weight excluding hydrogens is 299 g/mol. The first-order valence-electron chi connectivity index (χ1n) is 5.97. The Morgan fingerprint density at radius 2 is 2.17 bits per heavy atom. The average Bonchev–Trinajstić information content (AvgIpc) is 2.29. The Morgan fingerprint density at radius 1 is 1.44 bits per heavy atom. The van der Waals surface area contributed by atoms with Crippen molar-refractivity contribution in [2.24, 2.45) is 0 Å². The first-order chi connectivity index (χ1) is 8.49. The monoisotopic (exact) mass is 316 g/mol. The van der Waals surface area contributed by atoms with Crippen LogP contribution in [0.1, 0.15) is 26.7 Å². The van der Waals surface area contributed by atoms with Crippen LogP contribution in [0.15, 0.2) is 22.7 Å². The third-order valence-corrected chi connectivity index (χ3v) is 2.83. The molecule has 3 nitrogen and oxygen atoms in total. The van der Waals surface area contributed by atoms with Crippen molar-refractivity contribution in [3.05, 3.63) is 28.5 Å².